The summed E-state index contributed by atoms with van der Waals surface area (Å²) < 4.78 is 0. The molecule has 1 aromatic carbocycles. The van der Waals surface area contributed by atoms with Crippen LogP contribution in [-0.4, -0.2) is 17.9 Å². The van der Waals surface area contributed by atoms with Crippen LogP contribution in [0.1, 0.15) is 35.9 Å². The molecule has 0 bridgehead atoms. The van der Waals surface area contributed by atoms with Crippen molar-refractivity contribution in [1.29, 1.82) is 0 Å². The minimum absolute atomic E-state index is 0.0962. The first kappa shape index (κ1) is 17.2. The smallest absolute Gasteiger partial charge is 0.242 e. The van der Waals surface area contributed by atoms with Crippen molar-refractivity contribution in [3.8, 4) is 0 Å². The molecule has 2 atom stereocenters. The summed E-state index contributed by atoms with van der Waals surface area (Å²) in [5, 5.41) is 7.73. The normalized spacial score (nSPS) is 13.2. The Hall–Kier alpha value is -2.14. The van der Waals surface area contributed by atoms with Gasteiger partial charge in [0, 0.05) is 11.8 Å². The SMILES string of the molecule is CC(=O)N[C@@H](C)C(=O)N[C@H](Cc1ccccc1)c1sccc1C. The lowest BCUT2D eigenvalue weighted by atomic mass is 10.0. The van der Waals surface area contributed by atoms with Gasteiger partial charge < -0.3 is 10.6 Å². The van der Waals surface area contributed by atoms with Gasteiger partial charge in [0.2, 0.25) is 11.8 Å². The van der Waals surface area contributed by atoms with E-state index in [1.807, 2.05) is 30.5 Å². The molecule has 5 heteroatoms. The van der Waals surface area contributed by atoms with Crippen LogP contribution in [0, 0.1) is 6.92 Å². The highest BCUT2D eigenvalue weighted by molar-refractivity contribution is 7.10. The van der Waals surface area contributed by atoms with Crippen LogP contribution in [0.3, 0.4) is 0 Å². The van der Waals surface area contributed by atoms with Gasteiger partial charge in [0.25, 0.3) is 0 Å². The Morgan fingerprint density at radius 3 is 2.39 bits per heavy atom. The summed E-state index contributed by atoms with van der Waals surface area (Å²) in [5.74, 6) is -0.381. The van der Waals surface area contributed by atoms with Gasteiger partial charge >= 0.3 is 0 Å². The van der Waals surface area contributed by atoms with E-state index < -0.39 is 6.04 Å². The Kier molecular flexibility index (Phi) is 5.93. The Morgan fingerprint density at radius 1 is 1.13 bits per heavy atom. The molecule has 0 unspecified atom stereocenters. The molecule has 1 heterocycles. The van der Waals surface area contributed by atoms with Gasteiger partial charge in [-0.05, 0) is 42.8 Å². The molecule has 0 aliphatic rings. The fourth-order valence-corrected chi connectivity index (χ4v) is 3.45. The van der Waals surface area contributed by atoms with Crippen molar-refractivity contribution in [1.82, 2.24) is 10.6 Å². The van der Waals surface area contributed by atoms with E-state index in [2.05, 4.69) is 28.8 Å². The first-order chi connectivity index (χ1) is 11.0. The summed E-state index contributed by atoms with van der Waals surface area (Å²) in [5.41, 5.74) is 2.33. The first-order valence-corrected chi connectivity index (χ1v) is 8.50. The van der Waals surface area contributed by atoms with Gasteiger partial charge in [-0.15, -0.1) is 11.3 Å². The van der Waals surface area contributed by atoms with Gasteiger partial charge in [0.1, 0.15) is 6.04 Å². The van der Waals surface area contributed by atoms with E-state index >= 15 is 0 Å². The van der Waals surface area contributed by atoms with Crippen LogP contribution < -0.4 is 10.6 Å². The standard InChI is InChI=1S/C18H22N2O2S/c1-12-9-10-23-17(12)16(11-15-7-5-4-6-8-15)20-18(22)13(2)19-14(3)21/h4-10,13,16H,11H2,1-3H3,(H,19,21)(H,20,22)/t13-,16+/m0/s1. The fraction of sp³-hybridized carbons (Fsp3) is 0.333. The number of carbonyl (C=O) groups excluding carboxylic acids is 2. The van der Waals surface area contributed by atoms with Crippen LogP contribution in [0.2, 0.25) is 0 Å². The third-order valence-corrected chi connectivity index (χ3v) is 4.76. The average molecular weight is 330 g/mol. The second kappa shape index (κ2) is 7.92. The maximum atomic E-state index is 12.4. The van der Waals surface area contributed by atoms with Crippen LogP contribution >= 0.6 is 11.3 Å². The number of thiophene rings is 1. The molecule has 0 spiro atoms. The summed E-state index contributed by atoms with van der Waals surface area (Å²) in [7, 11) is 0. The summed E-state index contributed by atoms with van der Waals surface area (Å²) in [6, 6.07) is 11.5. The third kappa shape index (κ3) is 4.93. The minimum Gasteiger partial charge on any atom is -0.346 e. The molecular weight excluding hydrogens is 308 g/mol. The van der Waals surface area contributed by atoms with Crippen molar-refractivity contribution >= 4 is 23.2 Å². The van der Waals surface area contributed by atoms with Crippen LogP contribution in [-0.2, 0) is 16.0 Å². The zero-order valence-corrected chi connectivity index (χ0v) is 14.4. The highest BCUT2D eigenvalue weighted by atomic mass is 32.1. The number of hydrogen-bond acceptors (Lipinski definition) is 3. The zero-order chi connectivity index (χ0) is 16.8. The van der Waals surface area contributed by atoms with E-state index in [9.17, 15) is 9.59 Å². The van der Waals surface area contributed by atoms with E-state index in [0.717, 1.165) is 16.9 Å². The molecular formula is C18H22N2O2S. The number of amides is 2. The van der Waals surface area contributed by atoms with Gasteiger partial charge in [-0.25, -0.2) is 0 Å². The monoisotopic (exact) mass is 330 g/mol. The number of hydrogen-bond donors (Lipinski definition) is 2. The van der Waals surface area contributed by atoms with Gasteiger partial charge in [-0.3, -0.25) is 9.59 Å². The molecule has 0 radical (unpaired) electrons. The molecule has 122 valence electrons. The number of aryl methyl sites for hydroxylation is 1. The molecule has 0 fully saturated rings. The number of nitrogens with one attached hydrogen (secondary N) is 2. The Bertz CT molecular complexity index is 667. The molecule has 0 aliphatic carbocycles. The summed E-state index contributed by atoms with van der Waals surface area (Å²) in [6.07, 6.45) is 0.723. The maximum absolute atomic E-state index is 12.4. The summed E-state index contributed by atoms with van der Waals surface area (Å²) in [6.45, 7) is 5.15. The van der Waals surface area contributed by atoms with Crippen LogP contribution in [0.15, 0.2) is 41.8 Å². The predicted octanol–water partition coefficient (Wildman–Crippen LogP) is 2.98. The fourth-order valence-electron chi connectivity index (χ4n) is 2.47. The highest BCUT2D eigenvalue weighted by Gasteiger charge is 2.22. The molecule has 0 saturated carbocycles. The van der Waals surface area contributed by atoms with E-state index in [4.69, 9.17) is 0 Å². The third-order valence-electron chi connectivity index (χ3n) is 3.63. The molecule has 0 saturated heterocycles. The number of benzene rings is 1. The van der Waals surface area contributed by atoms with Crippen molar-refractivity contribution in [3.63, 3.8) is 0 Å². The van der Waals surface area contributed by atoms with E-state index in [0.29, 0.717) is 0 Å². The largest absolute Gasteiger partial charge is 0.346 e. The lowest BCUT2D eigenvalue weighted by molar-refractivity contribution is -0.128. The molecule has 23 heavy (non-hydrogen) atoms. The van der Waals surface area contributed by atoms with Gasteiger partial charge in [0.15, 0.2) is 0 Å². The Labute approximate surface area is 140 Å². The van der Waals surface area contributed by atoms with E-state index in [1.165, 1.54) is 12.5 Å². The second-order valence-electron chi connectivity index (χ2n) is 5.64. The van der Waals surface area contributed by atoms with E-state index in [1.54, 1.807) is 18.3 Å². The lowest BCUT2D eigenvalue weighted by Crippen LogP contribution is -2.45. The molecule has 4 nitrogen and oxygen atoms in total. The highest BCUT2D eigenvalue weighted by Crippen LogP contribution is 2.27. The Morgan fingerprint density at radius 2 is 1.83 bits per heavy atom. The molecule has 2 rings (SSSR count). The number of carbonyl (C=O) groups is 2. The van der Waals surface area contributed by atoms with Crippen LogP contribution in [0.25, 0.3) is 0 Å². The van der Waals surface area contributed by atoms with Crippen molar-refractivity contribution in [3.05, 3.63) is 57.8 Å². The van der Waals surface area contributed by atoms with Gasteiger partial charge in [-0.2, -0.15) is 0 Å². The van der Waals surface area contributed by atoms with Crippen molar-refractivity contribution in [2.75, 3.05) is 0 Å². The van der Waals surface area contributed by atoms with E-state index in [-0.39, 0.29) is 17.9 Å². The van der Waals surface area contributed by atoms with Gasteiger partial charge in [0.05, 0.1) is 6.04 Å². The van der Waals surface area contributed by atoms with Crippen molar-refractivity contribution in [2.45, 2.75) is 39.3 Å². The van der Waals surface area contributed by atoms with Gasteiger partial charge in [-0.1, -0.05) is 30.3 Å². The molecule has 2 aromatic rings. The quantitative estimate of drug-likeness (QED) is 0.855. The van der Waals surface area contributed by atoms with Crippen molar-refractivity contribution in [2.24, 2.45) is 0 Å². The average Bonchev–Trinajstić information content (AvgIpc) is 2.93. The minimum atomic E-state index is -0.550. The molecule has 1 aromatic heterocycles. The van der Waals surface area contributed by atoms with Crippen LogP contribution in [0.4, 0.5) is 0 Å². The number of rotatable bonds is 6. The lowest BCUT2D eigenvalue weighted by Gasteiger charge is -2.21. The summed E-state index contributed by atoms with van der Waals surface area (Å²) >= 11 is 1.64. The zero-order valence-electron chi connectivity index (χ0n) is 13.6. The van der Waals surface area contributed by atoms with Crippen molar-refractivity contribution < 1.29 is 9.59 Å². The van der Waals surface area contributed by atoms with Crippen LogP contribution in [0.5, 0.6) is 0 Å². The molecule has 2 N–H and O–H groups in total. The Balaban J connectivity index is 2.16. The molecule has 0 aliphatic heterocycles. The predicted molar refractivity (Wildman–Crippen MR) is 93.4 cm³/mol. The summed E-state index contributed by atoms with van der Waals surface area (Å²) in [4.78, 5) is 24.6. The maximum Gasteiger partial charge on any atom is 0.242 e. The second-order valence-corrected chi connectivity index (χ2v) is 6.59. The molecule has 2 amide bonds. The topological polar surface area (TPSA) is 58.2 Å². The first-order valence-electron chi connectivity index (χ1n) is 7.62.